The summed E-state index contributed by atoms with van der Waals surface area (Å²) in [4.78, 5) is 11.5. The third kappa shape index (κ3) is 4.66. The van der Waals surface area contributed by atoms with Crippen LogP contribution in [0.5, 0.6) is 0 Å². The molecule has 124 valence electrons. The topological polar surface area (TPSA) is 98.3 Å². The fraction of sp³-hybridized carbons (Fsp3) is 0.308. The van der Waals surface area contributed by atoms with Gasteiger partial charge in [0.25, 0.3) is 10.0 Å². The van der Waals surface area contributed by atoms with Gasteiger partial charge in [0.15, 0.2) is 4.34 Å². The number of rotatable bonds is 7. The summed E-state index contributed by atoms with van der Waals surface area (Å²) in [6, 6.07) is 5.60. The van der Waals surface area contributed by atoms with Crippen LogP contribution in [0, 0.1) is 0 Å². The first-order valence-corrected chi connectivity index (χ1v) is 9.92. The van der Waals surface area contributed by atoms with E-state index < -0.39 is 16.0 Å². The quantitative estimate of drug-likeness (QED) is 0.588. The van der Waals surface area contributed by atoms with Gasteiger partial charge in [0.1, 0.15) is 0 Å². The highest BCUT2D eigenvalue weighted by Crippen LogP contribution is 2.27. The van der Waals surface area contributed by atoms with Gasteiger partial charge in [-0.3, -0.25) is 4.72 Å². The van der Waals surface area contributed by atoms with Crippen LogP contribution in [0.2, 0.25) is 0 Å². The molecule has 0 fully saturated rings. The number of hydrogen-bond acceptors (Lipinski definition) is 8. The molecule has 0 bridgehead atoms. The zero-order valence-electron chi connectivity index (χ0n) is 12.5. The smallest absolute Gasteiger partial charge is 0.337 e. The van der Waals surface area contributed by atoms with Gasteiger partial charge < -0.3 is 4.74 Å². The van der Waals surface area contributed by atoms with Crippen molar-refractivity contribution in [2.24, 2.45) is 0 Å². The van der Waals surface area contributed by atoms with Crippen LogP contribution >= 0.6 is 23.1 Å². The van der Waals surface area contributed by atoms with Crippen LogP contribution in [0.3, 0.4) is 0 Å². The average molecular weight is 373 g/mol. The number of nitrogens with zero attached hydrogens (tertiary/aromatic N) is 2. The second-order valence-corrected chi connectivity index (χ2v) is 8.35. The molecule has 0 aliphatic carbocycles. The lowest BCUT2D eigenvalue weighted by atomic mass is 10.2. The Kier molecular flexibility index (Phi) is 5.97. The van der Waals surface area contributed by atoms with Crippen LogP contribution in [0.4, 0.5) is 5.13 Å². The number of nitrogens with one attached hydrogen (secondary N) is 1. The summed E-state index contributed by atoms with van der Waals surface area (Å²) in [5.41, 5.74) is 0.159. The number of aromatic nitrogens is 2. The van der Waals surface area contributed by atoms with Gasteiger partial charge in [-0.05, 0) is 24.6 Å². The van der Waals surface area contributed by atoms with Gasteiger partial charge in [0.2, 0.25) is 5.13 Å². The summed E-state index contributed by atoms with van der Waals surface area (Å²) >= 11 is 2.69. The lowest BCUT2D eigenvalue weighted by Crippen LogP contribution is -2.13. The van der Waals surface area contributed by atoms with Crippen molar-refractivity contribution in [3.05, 3.63) is 29.8 Å². The fourth-order valence-corrected chi connectivity index (χ4v) is 4.53. The monoisotopic (exact) mass is 373 g/mol. The molecule has 2 aromatic rings. The summed E-state index contributed by atoms with van der Waals surface area (Å²) in [6.07, 6.45) is 0.992. The first-order valence-electron chi connectivity index (χ1n) is 6.63. The normalized spacial score (nSPS) is 11.2. The van der Waals surface area contributed by atoms with Gasteiger partial charge in [-0.2, -0.15) is 0 Å². The highest BCUT2D eigenvalue weighted by atomic mass is 32.2. The van der Waals surface area contributed by atoms with Gasteiger partial charge in [0, 0.05) is 5.75 Å². The summed E-state index contributed by atoms with van der Waals surface area (Å²) in [7, 11) is -2.61. The molecule has 0 aliphatic rings. The summed E-state index contributed by atoms with van der Waals surface area (Å²) < 4.78 is 32.4. The minimum atomic E-state index is -3.84. The van der Waals surface area contributed by atoms with E-state index in [0.717, 1.165) is 12.2 Å². The van der Waals surface area contributed by atoms with E-state index in [1.165, 1.54) is 54.5 Å². The van der Waals surface area contributed by atoms with Crippen molar-refractivity contribution < 1.29 is 17.9 Å². The van der Waals surface area contributed by atoms with E-state index in [2.05, 4.69) is 19.7 Å². The molecule has 0 amide bonds. The number of carbonyl (C=O) groups is 1. The van der Waals surface area contributed by atoms with Crippen molar-refractivity contribution >= 4 is 44.2 Å². The van der Waals surface area contributed by atoms with Gasteiger partial charge in [-0.1, -0.05) is 36.1 Å². The average Bonchev–Trinajstić information content (AvgIpc) is 2.99. The van der Waals surface area contributed by atoms with E-state index in [1.54, 1.807) is 0 Å². The molecule has 10 heteroatoms. The maximum Gasteiger partial charge on any atom is 0.337 e. The number of esters is 1. The van der Waals surface area contributed by atoms with Crippen LogP contribution < -0.4 is 4.72 Å². The number of hydrogen-bond donors (Lipinski definition) is 1. The highest BCUT2D eigenvalue weighted by Gasteiger charge is 2.19. The molecule has 0 saturated heterocycles. The summed E-state index contributed by atoms with van der Waals surface area (Å²) in [6.45, 7) is 2.05. The first kappa shape index (κ1) is 17.7. The lowest BCUT2D eigenvalue weighted by Gasteiger charge is -2.06. The van der Waals surface area contributed by atoms with Gasteiger partial charge in [0.05, 0.1) is 17.6 Å². The maximum atomic E-state index is 12.4. The van der Waals surface area contributed by atoms with Crippen molar-refractivity contribution in [1.82, 2.24) is 10.2 Å². The Morgan fingerprint density at radius 2 is 2.17 bits per heavy atom. The van der Waals surface area contributed by atoms with Crippen LogP contribution in [0.25, 0.3) is 0 Å². The van der Waals surface area contributed by atoms with Crippen molar-refractivity contribution in [1.29, 1.82) is 0 Å². The van der Waals surface area contributed by atoms with E-state index in [1.807, 2.05) is 6.92 Å². The molecular formula is C13H15N3O4S3. The van der Waals surface area contributed by atoms with Crippen molar-refractivity contribution in [3.63, 3.8) is 0 Å². The predicted molar refractivity (Wildman–Crippen MR) is 89.5 cm³/mol. The zero-order chi connectivity index (χ0) is 16.9. The second-order valence-electron chi connectivity index (χ2n) is 4.35. The van der Waals surface area contributed by atoms with Crippen LogP contribution in [0.15, 0.2) is 33.5 Å². The standard InChI is InChI=1S/C13H15N3O4S3/c1-3-7-21-13-15-14-12(22-13)16-23(18,19)10-6-4-5-9(8-10)11(17)20-2/h4-6,8H,3,7H2,1-2H3,(H,14,16). The fourth-order valence-electron chi connectivity index (χ4n) is 1.58. The third-order valence-corrected chi connectivity index (χ3v) is 6.27. The van der Waals surface area contributed by atoms with Crippen molar-refractivity contribution in [3.8, 4) is 0 Å². The number of thioether (sulfide) groups is 1. The van der Waals surface area contributed by atoms with E-state index in [4.69, 9.17) is 0 Å². The second kappa shape index (κ2) is 7.75. The first-order chi connectivity index (χ1) is 11.0. The number of methoxy groups -OCH3 is 1. The Bertz CT molecular complexity index is 789. The van der Waals surface area contributed by atoms with E-state index in [0.29, 0.717) is 4.34 Å². The van der Waals surface area contributed by atoms with Crippen LogP contribution in [0.1, 0.15) is 23.7 Å². The molecule has 0 radical (unpaired) electrons. The molecule has 1 aromatic heterocycles. The largest absolute Gasteiger partial charge is 0.465 e. The molecule has 0 aliphatic heterocycles. The molecule has 1 aromatic carbocycles. The zero-order valence-corrected chi connectivity index (χ0v) is 14.9. The van der Waals surface area contributed by atoms with E-state index in [9.17, 15) is 13.2 Å². The molecule has 7 nitrogen and oxygen atoms in total. The molecule has 0 spiro atoms. The van der Waals surface area contributed by atoms with Crippen LogP contribution in [-0.2, 0) is 14.8 Å². The maximum absolute atomic E-state index is 12.4. The van der Waals surface area contributed by atoms with Gasteiger partial charge >= 0.3 is 5.97 Å². The number of ether oxygens (including phenoxy) is 1. The van der Waals surface area contributed by atoms with Crippen molar-refractivity contribution in [2.75, 3.05) is 17.6 Å². The number of anilines is 1. The minimum absolute atomic E-state index is 0.0432. The molecule has 0 saturated carbocycles. The predicted octanol–water partition coefficient (Wildman–Crippen LogP) is 2.63. The highest BCUT2D eigenvalue weighted by molar-refractivity contribution is 8.01. The molecule has 23 heavy (non-hydrogen) atoms. The Morgan fingerprint density at radius 3 is 2.87 bits per heavy atom. The molecule has 0 unspecified atom stereocenters. The Balaban J connectivity index is 2.18. The Hall–Kier alpha value is -1.65. The Morgan fingerprint density at radius 1 is 1.39 bits per heavy atom. The van der Waals surface area contributed by atoms with Gasteiger partial charge in [-0.25, -0.2) is 13.2 Å². The van der Waals surface area contributed by atoms with E-state index >= 15 is 0 Å². The SMILES string of the molecule is CCCSc1nnc(NS(=O)(=O)c2cccc(C(=O)OC)c2)s1. The molecule has 0 atom stereocenters. The van der Waals surface area contributed by atoms with Gasteiger partial charge in [-0.15, -0.1) is 10.2 Å². The van der Waals surface area contributed by atoms with E-state index in [-0.39, 0.29) is 15.6 Å². The Labute approximate surface area is 142 Å². The van der Waals surface area contributed by atoms with Crippen LogP contribution in [-0.4, -0.2) is 37.4 Å². The lowest BCUT2D eigenvalue weighted by molar-refractivity contribution is 0.0600. The molecule has 2 rings (SSSR count). The number of sulfonamides is 1. The third-order valence-electron chi connectivity index (χ3n) is 2.62. The van der Waals surface area contributed by atoms with Crippen molar-refractivity contribution in [2.45, 2.75) is 22.6 Å². The molecule has 1 N–H and O–H groups in total. The number of carbonyl (C=O) groups excluding carboxylic acids is 1. The summed E-state index contributed by atoms with van der Waals surface area (Å²) in [5.74, 6) is 0.291. The summed E-state index contributed by atoms with van der Waals surface area (Å²) in [5, 5.41) is 7.93. The molecule has 1 heterocycles. The molecular weight excluding hydrogens is 358 g/mol. The number of benzene rings is 1. The minimum Gasteiger partial charge on any atom is -0.465 e.